The zero-order valence-electron chi connectivity index (χ0n) is 14.9. The van der Waals surface area contributed by atoms with Crippen LogP contribution in [0.2, 0.25) is 0 Å². The largest absolute Gasteiger partial charge is 0.487 e. The van der Waals surface area contributed by atoms with Crippen molar-refractivity contribution in [3.8, 4) is 11.8 Å². The number of rotatable bonds is 3. The average molecular weight is 366 g/mol. The van der Waals surface area contributed by atoms with Gasteiger partial charge in [0.05, 0.1) is 23.5 Å². The Morgan fingerprint density at radius 2 is 1.88 bits per heavy atom. The highest BCUT2D eigenvalue weighted by Gasteiger charge is 2.26. The summed E-state index contributed by atoms with van der Waals surface area (Å²) in [6.45, 7) is 7.55. The normalized spacial score (nSPS) is 16.6. The molecule has 1 N–H and O–H groups in total. The van der Waals surface area contributed by atoms with Crippen molar-refractivity contribution in [2.45, 2.75) is 11.8 Å². The van der Waals surface area contributed by atoms with Gasteiger partial charge in [-0.2, -0.15) is 5.26 Å². The van der Waals surface area contributed by atoms with E-state index in [1.165, 1.54) is 11.3 Å². The maximum atomic E-state index is 9.38. The molecule has 0 radical (unpaired) electrons. The first-order valence-electron chi connectivity index (χ1n) is 8.94. The quantitative estimate of drug-likeness (QED) is 0.842. The van der Waals surface area contributed by atoms with Gasteiger partial charge in [-0.15, -0.1) is 0 Å². The maximum Gasteiger partial charge on any atom is 0.166 e. The molecule has 0 bridgehead atoms. The van der Waals surface area contributed by atoms with Crippen molar-refractivity contribution in [3.63, 3.8) is 0 Å². The molecule has 0 atom stereocenters. The minimum atomic E-state index is 0.650. The first kappa shape index (κ1) is 17.1. The van der Waals surface area contributed by atoms with Crippen LogP contribution < -0.4 is 19.3 Å². The van der Waals surface area contributed by atoms with E-state index in [1.54, 1.807) is 11.9 Å². The predicted octanol–water partition coefficient (Wildman–Crippen LogP) is 3.18. The molecular weight excluding hydrogens is 344 g/mol. The van der Waals surface area contributed by atoms with Gasteiger partial charge in [-0.3, -0.25) is 0 Å². The summed E-state index contributed by atoms with van der Waals surface area (Å²) in [6.07, 6.45) is 0. The molecule has 2 aromatic rings. The summed E-state index contributed by atoms with van der Waals surface area (Å²) in [5.74, 6) is 0.964. The van der Waals surface area contributed by atoms with Gasteiger partial charge < -0.3 is 19.3 Å². The minimum Gasteiger partial charge on any atom is -0.487 e. The van der Waals surface area contributed by atoms with Crippen molar-refractivity contribution in [1.29, 1.82) is 5.26 Å². The lowest BCUT2D eigenvalue weighted by atomic mass is 10.1. The van der Waals surface area contributed by atoms with Crippen LogP contribution in [0.1, 0.15) is 11.1 Å². The number of fused-ring (bicyclic) bond motifs is 1. The molecular formula is C20H22N4OS. The number of nitrogens with one attached hydrogen (secondary N) is 1. The zero-order chi connectivity index (χ0) is 17.9. The highest BCUT2D eigenvalue weighted by molar-refractivity contribution is 8.00. The topological polar surface area (TPSA) is 51.5 Å². The van der Waals surface area contributed by atoms with Gasteiger partial charge in [0.2, 0.25) is 0 Å². The van der Waals surface area contributed by atoms with Gasteiger partial charge in [0.25, 0.3) is 0 Å². The van der Waals surface area contributed by atoms with Crippen LogP contribution in [0.15, 0.2) is 41.3 Å². The number of hydrogen-bond acceptors (Lipinski definition) is 6. The Bertz CT molecular complexity index is 842. The molecule has 0 aromatic heterocycles. The second-order valence-corrected chi connectivity index (χ2v) is 7.58. The van der Waals surface area contributed by atoms with Crippen LogP contribution in [0, 0.1) is 18.3 Å². The second-order valence-electron chi connectivity index (χ2n) is 6.52. The molecule has 2 aliphatic rings. The Labute approximate surface area is 158 Å². The predicted molar refractivity (Wildman–Crippen MR) is 106 cm³/mol. The number of aryl methyl sites for hydroxylation is 1. The summed E-state index contributed by atoms with van der Waals surface area (Å²) < 4.78 is 8.36. The second kappa shape index (κ2) is 7.48. The van der Waals surface area contributed by atoms with Crippen LogP contribution in [-0.2, 0) is 0 Å². The Morgan fingerprint density at radius 3 is 2.69 bits per heavy atom. The Morgan fingerprint density at radius 1 is 1.12 bits per heavy atom. The van der Waals surface area contributed by atoms with Crippen LogP contribution in [0.4, 0.5) is 11.4 Å². The smallest absolute Gasteiger partial charge is 0.166 e. The number of benzene rings is 2. The molecule has 0 spiro atoms. The SMILES string of the molecule is Cc1cc(N2CCNCC2)c2c(c1)N(Sc1ccccc1C#N)CCO2. The summed E-state index contributed by atoms with van der Waals surface area (Å²) in [4.78, 5) is 3.38. The lowest BCUT2D eigenvalue weighted by Gasteiger charge is -2.36. The third kappa shape index (κ3) is 3.33. The van der Waals surface area contributed by atoms with Gasteiger partial charge in [-0.25, -0.2) is 0 Å². The third-order valence-corrected chi connectivity index (χ3v) is 5.83. The molecule has 0 amide bonds. The highest BCUT2D eigenvalue weighted by Crippen LogP contribution is 2.45. The molecule has 2 aromatic carbocycles. The molecule has 0 aliphatic carbocycles. The Kier molecular flexibility index (Phi) is 4.91. The van der Waals surface area contributed by atoms with Crippen LogP contribution in [0.3, 0.4) is 0 Å². The van der Waals surface area contributed by atoms with Crippen molar-refractivity contribution < 1.29 is 4.74 Å². The fourth-order valence-corrected chi connectivity index (χ4v) is 4.40. The van der Waals surface area contributed by atoms with E-state index in [4.69, 9.17) is 4.74 Å². The lowest BCUT2D eigenvalue weighted by Crippen LogP contribution is -2.44. The molecule has 26 heavy (non-hydrogen) atoms. The van der Waals surface area contributed by atoms with Gasteiger partial charge in [-0.1, -0.05) is 12.1 Å². The summed E-state index contributed by atoms with van der Waals surface area (Å²) in [7, 11) is 0. The average Bonchev–Trinajstić information content (AvgIpc) is 2.69. The number of anilines is 2. The number of nitriles is 1. The van der Waals surface area contributed by atoms with E-state index in [-0.39, 0.29) is 0 Å². The lowest BCUT2D eigenvalue weighted by molar-refractivity contribution is 0.317. The molecule has 1 fully saturated rings. The summed E-state index contributed by atoms with van der Waals surface area (Å²) >= 11 is 1.62. The highest BCUT2D eigenvalue weighted by atomic mass is 32.2. The molecule has 134 valence electrons. The Balaban J connectivity index is 1.69. The van der Waals surface area contributed by atoms with E-state index in [2.05, 4.69) is 39.6 Å². The molecule has 2 aliphatic heterocycles. The van der Waals surface area contributed by atoms with E-state index in [0.29, 0.717) is 12.2 Å². The van der Waals surface area contributed by atoms with Crippen molar-refractivity contribution in [2.24, 2.45) is 0 Å². The third-order valence-electron chi connectivity index (χ3n) is 4.68. The standard InChI is InChI=1S/C20H22N4OS/c1-15-12-17(23-8-6-22-7-9-23)20-18(13-15)24(10-11-25-20)26-19-5-3-2-4-16(19)14-21/h2-5,12-13,22H,6-11H2,1H3. The summed E-state index contributed by atoms with van der Waals surface area (Å²) in [5, 5.41) is 12.8. The van der Waals surface area contributed by atoms with Crippen LogP contribution >= 0.6 is 11.9 Å². The van der Waals surface area contributed by atoms with Gasteiger partial charge in [0.1, 0.15) is 12.7 Å². The van der Waals surface area contributed by atoms with Gasteiger partial charge in [0, 0.05) is 31.1 Å². The van der Waals surface area contributed by atoms with Crippen LogP contribution in [-0.4, -0.2) is 39.3 Å². The van der Waals surface area contributed by atoms with Crippen LogP contribution in [0.5, 0.6) is 5.75 Å². The molecule has 4 rings (SSSR count). The van der Waals surface area contributed by atoms with E-state index in [0.717, 1.165) is 49.1 Å². The van der Waals surface area contributed by atoms with Gasteiger partial charge in [-0.05, 0) is 48.7 Å². The zero-order valence-corrected chi connectivity index (χ0v) is 15.7. The molecule has 2 heterocycles. The van der Waals surface area contributed by atoms with E-state index in [9.17, 15) is 5.26 Å². The van der Waals surface area contributed by atoms with Crippen molar-refractivity contribution in [3.05, 3.63) is 47.5 Å². The van der Waals surface area contributed by atoms with Gasteiger partial charge >= 0.3 is 0 Å². The van der Waals surface area contributed by atoms with Crippen LogP contribution in [0.25, 0.3) is 0 Å². The number of ether oxygens (including phenoxy) is 1. The monoisotopic (exact) mass is 366 g/mol. The van der Waals surface area contributed by atoms with Crippen molar-refractivity contribution >= 4 is 23.3 Å². The molecule has 0 unspecified atom stereocenters. The number of nitrogens with zero attached hydrogens (tertiary/aromatic N) is 3. The first-order chi connectivity index (χ1) is 12.8. The van der Waals surface area contributed by atoms with Crippen molar-refractivity contribution in [1.82, 2.24) is 5.32 Å². The number of piperazine rings is 1. The first-order valence-corrected chi connectivity index (χ1v) is 9.71. The fraction of sp³-hybridized carbons (Fsp3) is 0.350. The van der Waals surface area contributed by atoms with E-state index in [1.807, 2.05) is 24.3 Å². The van der Waals surface area contributed by atoms with E-state index >= 15 is 0 Å². The maximum absolute atomic E-state index is 9.38. The van der Waals surface area contributed by atoms with E-state index < -0.39 is 0 Å². The molecule has 6 heteroatoms. The molecule has 5 nitrogen and oxygen atoms in total. The van der Waals surface area contributed by atoms with Crippen molar-refractivity contribution in [2.75, 3.05) is 48.5 Å². The minimum absolute atomic E-state index is 0.650. The fourth-order valence-electron chi connectivity index (χ4n) is 3.41. The summed E-state index contributed by atoms with van der Waals surface area (Å²) in [6, 6.07) is 14.5. The Hall–Kier alpha value is -2.36. The molecule has 1 saturated heterocycles. The number of hydrogen-bond donors (Lipinski definition) is 1. The molecule has 0 saturated carbocycles. The summed E-state index contributed by atoms with van der Waals surface area (Å²) in [5.41, 5.74) is 4.21. The van der Waals surface area contributed by atoms with Gasteiger partial charge in [0.15, 0.2) is 5.75 Å².